The van der Waals surface area contributed by atoms with Crippen LogP contribution in [0.3, 0.4) is 0 Å². The van der Waals surface area contributed by atoms with Gasteiger partial charge in [0.05, 0.1) is 0 Å². The molecular weight excluding hydrogens is 374 g/mol. The highest BCUT2D eigenvalue weighted by Crippen LogP contribution is 2.40. The zero-order chi connectivity index (χ0) is 17.7. The topological polar surface area (TPSA) is 20.2 Å². The molecule has 0 heterocycles. The fourth-order valence-corrected chi connectivity index (χ4v) is 4.15. The predicted molar refractivity (Wildman–Crippen MR) is 97.7 cm³/mol. The van der Waals surface area contributed by atoms with E-state index in [4.69, 9.17) is 0 Å². The highest BCUT2D eigenvalue weighted by atomic mass is 79.9. The van der Waals surface area contributed by atoms with Gasteiger partial charge in [-0.1, -0.05) is 55.1 Å². The largest absolute Gasteiger partial charge is 0.384 e. The molecule has 1 aliphatic rings. The summed E-state index contributed by atoms with van der Waals surface area (Å²) in [4.78, 5) is 0. The molecule has 134 valence electrons. The van der Waals surface area contributed by atoms with Crippen LogP contribution in [-0.4, -0.2) is 5.11 Å². The van der Waals surface area contributed by atoms with E-state index >= 15 is 0 Å². The van der Waals surface area contributed by atoms with E-state index in [1.807, 2.05) is 0 Å². The van der Waals surface area contributed by atoms with Crippen LogP contribution in [0.2, 0.25) is 0 Å². The second kappa shape index (κ2) is 9.10. The van der Waals surface area contributed by atoms with Gasteiger partial charge in [-0.15, -0.1) is 0 Å². The molecule has 0 aliphatic heterocycles. The fourth-order valence-electron chi connectivity index (χ4n) is 3.70. The Labute approximate surface area is 152 Å². The molecule has 1 fully saturated rings. The molecule has 1 saturated carbocycles. The Kier molecular flexibility index (Phi) is 7.42. The van der Waals surface area contributed by atoms with Crippen LogP contribution in [0.1, 0.15) is 70.0 Å². The Morgan fingerprint density at radius 1 is 1.25 bits per heavy atom. The molecule has 0 spiro atoms. The molecule has 4 heteroatoms. The van der Waals surface area contributed by atoms with E-state index in [-0.39, 0.29) is 11.5 Å². The number of unbranched alkanes of at least 4 members (excludes halogenated alkanes) is 2. The van der Waals surface area contributed by atoms with Crippen LogP contribution < -0.4 is 0 Å². The van der Waals surface area contributed by atoms with Gasteiger partial charge in [0, 0.05) is 10.0 Å². The third-order valence-electron chi connectivity index (χ3n) is 5.25. The summed E-state index contributed by atoms with van der Waals surface area (Å²) in [6.45, 7) is 6.22. The minimum absolute atomic E-state index is 0.0306. The summed E-state index contributed by atoms with van der Waals surface area (Å²) in [5.74, 6) is -0.993. The first-order valence-corrected chi connectivity index (χ1v) is 9.74. The number of hydrogen-bond donors (Lipinski definition) is 1. The quantitative estimate of drug-likeness (QED) is 0.306. The van der Waals surface area contributed by atoms with Crippen molar-refractivity contribution in [3.05, 3.63) is 46.0 Å². The van der Waals surface area contributed by atoms with Crippen LogP contribution in [0, 0.1) is 23.5 Å². The predicted octanol–water partition coefficient (Wildman–Crippen LogP) is 6.70. The first-order chi connectivity index (χ1) is 11.4. The summed E-state index contributed by atoms with van der Waals surface area (Å²) in [5.41, 5.74) is 0.579. The Bertz CT molecular complexity index is 565. The van der Waals surface area contributed by atoms with Crippen LogP contribution in [-0.2, 0) is 0 Å². The molecule has 0 amide bonds. The van der Waals surface area contributed by atoms with Crippen molar-refractivity contribution in [2.75, 3.05) is 0 Å². The zero-order valence-corrected chi connectivity index (χ0v) is 15.9. The molecule has 1 unspecified atom stereocenters. The highest BCUT2D eigenvalue weighted by molar-refractivity contribution is 9.10. The second-order valence-corrected chi connectivity index (χ2v) is 7.90. The van der Waals surface area contributed by atoms with Crippen LogP contribution in [0.25, 0.3) is 0 Å². The summed E-state index contributed by atoms with van der Waals surface area (Å²) < 4.78 is 28.0. The van der Waals surface area contributed by atoms with Gasteiger partial charge >= 0.3 is 0 Å². The van der Waals surface area contributed by atoms with E-state index in [9.17, 15) is 13.9 Å². The normalized spacial score (nSPS) is 22.4. The minimum atomic E-state index is -1.15. The Hall–Kier alpha value is -0.740. The number of hydrogen-bond acceptors (Lipinski definition) is 1. The maximum atomic E-state index is 14.0. The molecule has 2 rings (SSSR count). The molecule has 1 aromatic rings. The summed E-state index contributed by atoms with van der Waals surface area (Å²) in [6, 6.07) is 2.50. The molecule has 24 heavy (non-hydrogen) atoms. The van der Waals surface area contributed by atoms with Gasteiger partial charge in [-0.05, 0) is 55.2 Å². The summed E-state index contributed by atoms with van der Waals surface area (Å²) in [6.07, 6.45) is 8.17. The van der Waals surface area contributed by atoms with Crippen LogP contribution in [0.4, 0.5) is 8.78 Å². The maximum Gasteiger partial charge on any atom is 0.165 e. The molecule has 0 aromatic heterocycles. The van der Waals surface area contributed by atoms with Crippen molar-refractivity contribution < 1.29 is 13.9 Å². The lowest BCUT2D eigenvalue weighted by atomic mass is 9.75. The lowest BCUT2D eigenvalue weighted by Crippen LogP contribution is -2.19. The van der Waals surface area contributed by atoms with Crippen molar-refractivity contribution in [2.24, 2.45) is 11.8 Å². The molecule has 1 nitrogen and oxygen atoms in total. The average molecular weight is 401 g/mol. The van der Waals surface area contributed by atoms with Gasteiger partial charge in [-0.25, -0.2) is 8.78 Å². The Morgan fingerprint density at radius 3 is 2.54 bits per heavy atom. The van der Waals surface area contributed by atoms with Crippen LogP contribution >= 0.6 is 15.9 Å². The standard InChI is InChI=1S/C20H27BrF2O/c1-3-4-5-6-14-7-9-15(10-8-14)13(2)20(24)17-11-16(21)12-18(22)19(17)23/h11-12,14-15,20,24H,2-10H2,1H3. The first-order valence-electron chi connectivity index (χ1n) is 8.95. The summed E-state index contributed by atoms with van der Waals surface area (Å²) in [5, 5.41) is 10.5. The Balaban J connectivity index is 1.95. The molecule has 1 aliphatic carbocycles. The molecule has 1 atom stereocenters. The molecule has 1 N–H and O–H groups in total. The molecule has 0 radical (unpaired) electrons. The van der Waals surface area contributed by atoms with Crippen molar-refractivity contribution in [1.29, 1.82) is 0 Å². The third-order valence-corrected chi connectivity index (χ3v) is 5.71. The van der Waals surface area contributed by atoms with E-state index in [1.54, 1.807) is 0 Å². The third kappa shape index (κ3) is 4.89. The number of halogens is 3. The van der Waals surface area contributed by atoms with Gasteiger partial charge in [-0.2, -0.15) is 0 Å². The first kappa shape index (κ1) is 19.6. The minimum Gasteiger partial charge on any atom is -0.384 e. The average Bonchev–Trinajstić information content (AvgIpc) is 2.57. The molecule has 0 saturated heterocycles. The van der Waals surface area contributed by atoms with E-state index < -0.39 is 17.7 Å². The van der Waals surface area contributed by atoms with Gasteiger partial charge in [0.1, 0.15) is 6.10 Å². The fraction of sp³-hybridized carbons (Fsp3) is 0.600. The molecule has 0 bridgehead atoms. The van der Waals surface area contributed by atoms with Gasteiger partial charge in [0.2, 0.25) is 0 Å². The monoisotopic (exact) mass is 400 g/mol. The van der Waals surface area contributed by atoms with E-state index in [0.29, 0.717) is 10.0 Å². The van der Waals surface area contributed by atoms with Crippen molar-refractivity contribution in [1.82, 2.24) is 0 Å². The second-order valence-electron chi connectivity index (χ2n) is 6.98. The van der Waals surface area contributed by atoms with Crippen molar-refractivity contribution >= 4 is 15.9 Å². The lowest BCUT2D eigenvalue weighted by Gasteiger charge is -2.31. The van der Waals surface area contributed by atoms with Gasteiger partial charge in [0.25, 0.3) is 0 Å². The molecular formula is C20H27BrF2O. The van der Waals surface area contributed by atoms with Crippen LogP contribution in [0.15, 0.2) is 28.8 Å². The van der Waals surface area contributed by atoms with E-state index in [0.717, 1.165) is 37.7 Å². The highest BCUT2D eigenvalue weighted by Gasteiger charge is 2.28. The molecule has 1 aromatic carbocycles. The Morgan fingerprint density at radius 2 is 1.92 bits per heavy atom. The smallest absolute Gasteiger partial charge is 0.165 e. The summed E-state index contributed by atoms with van der Waals surface area (Å²) >= 11 is 3.15. The number of aliphatic hydroxyl groups excluding tert-OH is 1. The maximum absolute atomic E-state index is 14.0. The number of rotatable bonds is 7. The van der Waals surface area contributed by atoms with Crippen LogP contribution in [0.5, 0.6) is 0 Å². The van der Waals surface area contributed by atoms with Crippen molar-refractivity contribution in [3.8, 4) is 0 Å². The van der Waals surface area contributed by atoms with Crippen molar-refractivity contribution in [3.63, 3.8) is 0 Å². The number of aliphatic hydroxyl groups is 1. The lowest BCUT2D eigenvalue weighted by molar-refractivity contribution is 0.177. The summed E-state index contributed by atoms with van der Waals surface area (Å²) in [7, 11) is 0. The van der Waals surface area contributed by atoms with E-state index in [1.165, 1.54) is 31.7 Å². The van der Waals surface area contributed by atoms with Gasteiger partial charge in [-0.3, -0.25) is 0 Å². The number of benzene rings is 1. The SMILES string of the molecule is C=C(C1CCC(CCCCC)CC1)C(O)c1cc(Br)cc(F)c1F. The van der Waals surface area contributed by atoms with Gasteiger partial charge in [0.15, 0.2) is 11.6 Å². The van der Waals surface area contributed by atoms with Gasteiger partial charge < -0.3 is 5.11 Å². The van der Waals surface area contributed by atoms with Crippen molar-refractivity contribution in [2.45, 2.75) is 64.4 Å². The van der Waals surface area contributed by atoms with E-state index in [2.05, 4.69) is 29.4 Å². The zero-order valence-electron chi connectivity index (χ0n) is 14.3.